The Balaban J connectivity index is 2.15. The van der Waals surface area contributed by atoms with Gasteiger partial charge in [-0.2, -0.15) is 5.26 Å². The van der Waals surface area contributed by atoms with Crippen LogP contribution in [0.2, 0.25) is 0 Å². The van der Waals surface area contributed by atoms with Gasteiger partial charge in [0, 0.05) is 18.0 Å². The van der Waals surface area contributed by atoms with Crippen molar-refractivity contribution in [3.8, 4) is 17.6 Å². The summed E-state index contributed by atoms with van der Waals surface area (Å²) >= 11 is 0. The van der Waals surface area contributed by atoms with Gasteiger partial charge in [0.25, 0.3) is 0 Å². The molecule has 0 radical (unpaired) electrons. The van der Waals surface area contributed by atoms with Gasteiger partial charge in [-0.05, 0) is 49.6 Å². The molecule has 2 unspecified atom stereocenters. The van der Waals surface area contributed by atoms with Gasteiger partial charge in [0.1, 0.15) is 24.2 Å². The van der Waals surface area contributed by atoms with Crippen molar-refractivity contribution in [2.45, 2.75) is 33.0 Å². The Kier molecular flexibility index (Phi) is 3.93. The average molecular weight is 310 g/mol. The molecule has 5 nitrogen and oxygen atoms in total. The van der Waals surface area contributed by atoms with Crippen LogP contribution in [0.4, 0.5) is 0 Å². The molecule has 5 heteroatoms. The Morgan fingerprint density at radius 2 is 1.91 bits per heavy atom. The molecule has 0 amide bonds. The Hall–Kier alpha value is -2.58. The number of nitriles is 1. The number of benzene rings is 1. The normalized spacial score (nSPS) is 19.4. The zero-order valence-corrected chi connectivity index (χ0v) is 13.3. The summed E-state index contributed by atoms with van der Waals surface area (Å²) in [7, 11) is 0. The summed E-state index contributed by atoms with van der Waals surface area (Å²) in [5, 5.41) is 19.8. The lowest BCUT2D eigenvalue weighted by Crippen LogP contribution is -2.35. The van der Waals surface area contributed by atoms with Crippen LogP contribution in [0.3, 0.4) is 0 Å². The van der Waals surface area contributed by atoms with Crippen molar-refractivity contribution in [3.63, 3.8) is 0 Å². The van der Waals surface area contributed by atoms with Crippen LogP contribution in [0.15, 0.2) is 24.5 Å². The fraction of sp³-hybridized carbons (Fsp3) is 0.333. The number of fused-ring (bicyclic) bond motifs is 1. The van der Waals surface area contributed by atoms with Gasteiger partial charge < -0.3 is 14.6 Å². The zero-order chi connectivity index (χ0) is 16.6. The molecule has 0 bridgehead atoms. The summed E-state index contributed by atoms with van der Waals surface area (Å²) in [6.07, 6.45) is 1.89. The van der Waals surface area contributed by atoms with Gasteiger partial charge in [0.15, 0.2) is 6.10 Å². The van der Waals surface area contributed by atoms with Crippen LogP contribution >= 0.6 is 0 Å². The van der Waals surface area contributed by atoms with Crippen molar-refractivity contribution in [2.24, 2.45) is 0 Å². The van der Waals surface area contributed by atoms with E-state index in [1.807, 2.05) is 20.8 Å². The fourth-order valence-electron chi connectivity index (χ4n) is 2.99. The standard InChI is InChI=1S/C18H18N2O3/c1-10-11(2)17-16(12(3)14(10)8-19)18(15(21)9-22-17)23-13-4-6-20-7-5-13/h4-7,15,18,21H,9H2,1-3H3. The maximum absolute atomic E-state index is 10.4. The molecule has 1 N–H and O–H groups in total. The third-order valence-corrected chi connectivity index (χ3v) is 4.36. The number of ether oxygens (including phenoxy) is 2. The van der Waals surface area contributed by atoms with Crippen molar-refractivity contribution >= 4 is 0 Å². The Morgan fingerprint density at radius 1 is 1.22 bits per heavy atom. The minimum Gasteiger partial charge on any atom is -0.490 e. The molecule has 0 saturated heterocycles. The number of nitrogens with zero attached hydrogens (tertiary/aromatic N) is 2. The van der Waals surface area contributed by atoms with E-state index in [1.165, 1.54) is 0 Å². The summed E-state index contributed by atoms with van der Waals surface area (Å²) in [5.41, 5.74) is 3.98. The second kappa shape index (κ2) is 5.90. The van der Waals surface area contributed by atoms with Crippen molar-refractivity contribution in [1.82, 2.24) is 4.98 Å². The average Bonchev–Trinajstić information content (AvgIpc) is 2.56. The van der Waals surface area contributed by atoms with Crippen LogP contribution in [0.5, 0.6) is 11.5 Å². The zero-order valence-electron chi connectivity index (χ0n) is 13.3. The first-order valence-corrected chi connectivity index (χ1v) is 7.46. The molecule has 2 heterocycles. The molecular weight excluding hydrogens is 292 g/mol. The summed E-state index contributed by atoms with van der Waals surface area (Å²) in [4.78, 5) is 3.96. The highest BCUT2D eigenvalue weighted by molar-refractivity contribution is 5.60. The monoisotopic (exact) mass is 310 g/mol. The van der Waals surface area contributed by atoms with Gasteiger partial charge in [0.2, 0.25) is 0 Å². The van der Waals surface area contributed by atoms with Gasteiger partial charge in [0.05, 0.1) is 11.6 Å². The fourth-order valence-corrected chi connectivity index (χ4v) is 2.99. The molecule has 2 atom stereocenters. The largest absolute Gasteiger partial charge is 0.490 e. The molecule has 1 aliphatic rings. The lowest BCUT2D eigenvalue weighted by molar-refractivity contribution is -0.0128. The lowest BCUT2D eigenvalue weighted by atomic mass is 9.87. The number of pyridine rings is 1. The summed E-state index contributed by atoms with van der Waals surface area (Å²) < 4.78 is 11.7. The van der Waals surface area contributed by atoms with Crippen LogP contribution in [0.25, 0.3) is 0 Å². The quantitative estimate of drug-likeness (QED) is 0.923. The first kappa shape index (κ1) is 15.3. The van der Waals surface area contributed by atoms with Crippen LogP contribution in [-0.2, 0) is 0 Å². The first-order chi connectivity index (χ1) is 11.0. The number of aliphatic hydroxyl groups excluding tert-OH is 1. The van der Waals surface area contributed by atoms with E-state index in [1.54, 1.807) is 24.5 Å². The van der Waals surface area contributed by atoms with E-state index in [4.69, 9.17) is 9.47 Å². The number of aliphatic hydroxyl groups is 1. The number of hydrogen-bond acceptors (Lipinski definition) is 5. The van der Waals surface area contributed by atoms with Crippen molar-refractivity contribution in [3.05, 3.63) is 52.3 Å². The van der Waals surface area contributed by atoms with Crippen molar-refractivity contribution in [1.29, 1.82) is 5.26 Å². The lowest BCUT2D eigenvalue weighted by Gasteiger charge is -2.34. The Bertz CT molecular complexity index is 778. The predicted octanol–water partition coefficient (Wildman–Crippen LogP) is 2.75. The Morgan fingerprint density at radius 3 is 2.57 bits per heavy atom. The summed E-state index contributed by atoms with van der Waals surface area (Å²) in [6, 6.07) is 5.73. The van der Waals surface area contributed by atoms with E-state index in [0.717, 1.165) is 22.3 Å². The van der Waals surface area contributed by atoms with Gasteiger partial charge in [-0.1, -0.05) is 0 Å². The Labute approximate surface area is 135 Å². The number of rotatable bonds is 2. The molecule has 23 heavy (non-hydrogen) atoms. The minimum absolute atomic E-state index is 0.161. The molecule has 1 aromatic heterocycles. The highest BCUT2D eigenvalue weighted by atomic mass is 16.5. The van der Waals surface area contributed by atoms with E-state index in [0.29, 0.717) is 17.1 Å². The third-order valence-electron chi connectivity index (χ3n) is 4.36. The van der Waals surface area contributed by atoms with Gasteiger partial charge in [-0.25, -0.2) is 0 Å². The van der Waals surface area contributed by atoms with Crippen LogP contribution in [0.1, 0.15) is 33.9 Å². The van der Waals surface area contributed by atoms with Gasteiger partial charge in [-0.15, -0.1) is 0 Å². The van der Waals surface area contributed by atoms with Crippen molar-refractivity contribution in [2.75, 3.05) is 6.61 Å². The van der Waals surface area contributed by atoms with Crippen molar-refractivity contribution < 1.29 is 14.6 Å². The van der Waals surface area contributed by atoms with E-state index >= 15 is 0 Å². The summed E-state index contributed by atoms with van der Waals surface area (Å²) in [6.45, 7) is 5.87. The summed E-state index contributed by atoms with van der Waals surface area (Å²) in [5.74, 6) is 1.33. The smallest absolute Gasteiger partial charge is 0.157 e. The third kappa shape index (κ3) is 2.51. The maximum Gasteiger partial charge on any atom is 0.157 e. The molecular formula is C18H18N2O3. The SMILES string of the molecule is Cc1c(C)c2c(c(C)c1C#N)C(Oc1ccncc1)C(O)CO2. The maximum atomic E-state index is 10.4. The molecule has 1 aromatic carbocycles. The van der Waals surface area contributed by atoms with E-state index in [9.17, 15) is 10.4 Å². The highest BCUT2D eigenvalue weighted by Gasteiger charge is 2.35. The van der Waals surface area contributed by atoms with Gasteiger partial charge in [-0.3, -0.25) is 4.98 Å². The molecule has 0 spiro atoms. The second-order valence-electron chi connectivity index (χ2n) is 5.70. The second-order valence-corrected chi connectivity index (χ2v) is 5.70. The number of aromatic nitrogens is 1. The topological polar surface area (TPSA) is 75.4 Å². The van der Waals surface area contributed by atoms with E-state index < -0.39 is 12.2 Å². The molecule has 3 rings (SSSR count). The first-order valence-electron chi connectivity index (χ1n) is 7.46. The molecule has 0 saturated carbocycles. The van der Waals surface area contributed by atoms with E-state index in [-0.39, 0.29) is 6.61 Å². The van der Waals surface area contributed by atoms with Gasteiger partial charge >= 0.3 is 0 Å². The molecule has 0 aliphatic carbocycles. The molecule has 118 valence electrons. The van der Waals surface area contributed by atoms with E-state index in [2.05, 4.69) is 11.1 Å². The van der Waals surface area contributed by atoms with Crippen LogP contribution in [-0.4, -0.2) is 22.8 Å². The molecule has 0 fully saturated rings. The van der Waals surface area contributed by atoms with Crippen LogP contribution in [0, 0.1) is 32.1 Å². The predicted molar refractivity (Wildman–Crippen MR) is 84.5 cm³/mol. The number of hydrogen-bond donors (Lipinski definition) is 1. The molecule has 2 aromatic rings. The minimum atomic E-state index is -0.803. The highest BCUT2D eigenvalue weighted by Crippen LogP contribution is 2.42. The molecule has 1 aliphatic heterocycles. The van der Waals surface area contributed by atoms with Crippen LogP contribution < -0.4 is 9.47 Å².